The molecular weight excluding hydrogens is 162 g/mol. The van der Waals surface area contributed by atoms with Crippen LogP contribution in [0.3, 0.4) is 0 Å². The molecule has 0 amide bonds. The van der Waals surface area contributed by atoms with E-state index in [0.29, 0.717) is 0 Å². The monoisotopic (exact) mass is 179 g/mol. The summed E-state index contributed by atoms with van der Waals surface area (Å²) >= 11 is 0. The largest absolute Gasteiger partial charge is 0.323 e. The van der Waals surface area contributed by atoms with Gasteiger partial charge in [-0.05, 0) is 32.1 Å². The number of nitrogens with zero attached hydrogens (tertiary/aromatic N) is 2. The zero-order valence-corrected chi connectivity index (χ0v) is 8.49. The Morgan fingerprint density at radius 3 is 2.69 bits per heavy atom. The van der Waals surface area contributed by atoms with Gasteiger partial charge in [0.05, 0.1) is 0 Å². The zero-order chi connectivity index (χ0) is 9.84. The third-order valence-corrected chi connectivity index (χ3v) is 1.89. The highest BCUT2D eigenvalue weighted by atomic mass is 15.1. The molecular formula is C10H17N3. The van der Waals surface area contributed by atoms with E-state index in [4.69, 9.17) is 5.73 Å². The van der Waals surface area contributed by atoms with Crippen LogP contribution in [-0.2, 0) is 0 Å². The minimum Gasteiger partial charge on any atom is -0.323 e. The van der Waals surface area contributed by atoms with Crippen LogP contribution in [0.2, 0.25) is 0 Å². The maximum Gasteiger partial charge on any atom is 0.0439 e. The van der Waals surface area contributed by atoms with Crippen LogP contribution in [0.15, 0.2) is 18.5 Å². The quantitative estimate of drug-likeness (QED) is 0.751. The molecule has 1 aromatic heterocycles. The maximum absolute atomic E-state index is 5.98. The fraction of sp³-hybridized carbons (Fsp3) is 0.500. The predicted octanol–water partition coefficient (Wildman–Crippen LogP) is 0.951. The van der Waals surface area contributed by atoms with Crippen molar-refractivity contribution in [3.63, 3.8) is 0 Å². The van der Waals surface area contributed by atoms with Gasteiger partial charge in [-0.1, -0.05) is 6.07 Å². The first-order chi connectivity index (χ1) is 6.09. The van der Waals surface area contributed by atoms with Crippen molar-refractivity contribution in [1.82, 2.24) is 9.88 Å². The van der Waals surface area contributed by atoms with Crippen molar-refractivity contribution in [3.8, 4) is 0 Å². The number of likely N-dealkylation sites (N-methyl/N-ethyl adjacent to an activating group) is 1. The van der Waals surface area contributed by atoms with Gasteiger partial charge in [0.25, 0.3) is 0 Å². The Balaban J connectivity index is 2.71. The van der Waals surface area contributed by atoms with Crippen molar-refractivity contribution < 1.29 is 0 Å². The summed E-state index contributed by atoms with van der Waals surface area (Å²) in [5.74, 6) is 0. The number of hydrogen-bond donors (Lipinski definition) is 1. The van der Waals surface area contributed by atoms with Crippen LogP contribution in [0.25, 0.3) is 0 Å². The van der Waals surface area contributed by atoms with Crippen molar-refractivity contribution in [2.45, 2.75) is 13.0 Å². The van der Waals surface area contributed by atoms with E-state index in [0.717, 1.165) is 17.7 Å². The average Bonchev–Trinajstić information content (AvgIpc) is 2.03. The van der Waals surface area contributed by atoms with Gasteiger partial charge in [0, 0.05) is 25.0 Å². The number of rotatable bonds is 3. The molecule has 0 aliphatic heterocycles. The second-order valence-electron chi connectivity index (χ2n) is 3.66. The maximum atomic E-state index is 5.98. The van der Waals surface area contributed by atoms with E-state index in [1.165, 1.54) is 0 Å². The Morgan fingerprint density at radius 2 is 2.15 bits per heavy atom. The third-order valence-electron chi connectivity index (χ3n) is 1.89. The first kappa shape index (κ1) is 10.2. The van der Waals surface area contributed by atoms with Crippen LogP contribution >= 0.6 is 0 Å². The molecule has 0 saturated carbocycles. The molecule has 1 atom stereocenters. The smallest absolute Gasteiger partial charge is 0.0439 e. The first-order valence-corrected chi connectivity index (χ1v) is 4.41. The van der Waals surface area contributed by atoms with Crippen LogP contribution in [0.4, 0.5) is 0 Å². The molecule has 0 saturated heterocycles. The zero-order valence-electron chi connectivity index (χ0n) is 8.49. The van der Waals surface area contributed by atoms with Gasteiger partial charge in [-0.2, -0.15) is 0 Å². The molecule has 0 fully saturated rings. The first-order valence-electron chi connectivity index (χ1n) is 4.41. The van der Waals surface area contributed by atoms with E-state index in [1.807, 2.05) is 33.4 Å². The molecule has 13 heavy (non-hydrogen) atoms. The topological polar surface area (TPSA) is 42.1 Å². The standard InChI is InChI=1S/C10H17N3/c1-8-4-9(6-12-5-8)10(11)7-13(2)3/h4-6,10H,7,11H2,1-3H3. The Hall–Kier alpha value is -0.930. The summed E-state index contributed by atoms with van der Waals surface area (Å²) in [5, 5.41) is 0. The lowest BCUT2D eigenvalue weighted by atomic mass is 10.1. The summed E-state index contributed by atoms with van der Waals surface area (Å²) in [7, 11) is 4.03. The minimum atomic E-state index is 0.0578. The fourth-order valence-corrected chi connectivity index (χ4v) is 1.28. The van der Waals surface area contributed by atoms with Gasteiger partial charge in [0.15, 0.2) is 0 Å². The molecule has 1 aromatic rings. The number of aryl methyl sites for hydroxylation is 1. The second kappa shape index (κ2) is 4.35. The summed E-state index contributed by atoms with van der Waals surface area (Å²) in [5.41, 5.74) is 8.25. The molecule has 3 nitrogen and oxygen atoms in total. The number of aromatic nitrogens is 1. The Bertz CT molecular complexity index is 271. The summed E-state index contributed by atoms with van der Waals surface area (Å²) < 4.78 is 0. The second-order valence-corrected chi connectivity index (χ2v) is 3.66. The van der Waals surface area contributed by atoms with Gasteiger partial charge in [0.1, 0.15) is 0 Å². The van der Waals surface area contributed by atoms with Gasteiger partial charge < -0.3 is 10.6 Å². The molecule has 1 heterocycles. The molecule has 72 valence electrons. The van der Waals surface area contributed by atoms with E-state index in [-0.39, 0.29) is 6.04 Å². The highest BCUT2D eigenvalue weighted by Gasteiger charge is 2.06. The van der Waals surface area contributed by atoms with Crippen LogP contribution < -0.4 is 5.73 Å². The normalized spacial score (nSPS) is 13.3. The highest BCUT2D eigenvalue weighted by Crippen LogP contribution is 2.10. The lowest BCUT2D eigenvalue weighted by molar-refractivity contribution is 0.376. The number of nitrogens with two attached hydrogens (primary N) is 1. The minimum absolute atomic E-state index is 0.0578. The fourth-order valence-electron chi connectivity index (χ4n) is 1.28. The lowest BCUT2D eigenvalue weighted by Crippen LogP contribution is -2.26. The van der Waals surface area contributed by atoms with Gasteiger partial charge in [-0.15, -0.1) is 0 Å². The molecule has 2 N–H and O–H groups in total. The molecule has 0 bridgehead atoms. The van der Waals surface area contributed by atoms with Crippen LogP contribution in [0, 0.1) is 6.92 Å². The molecule has 0 aliphatic rings. The van der Waals surface area contributed by atoms with E-state index in [9.17, 15) is 0 Å². The molecule has 0 aliphatic carbocycles. The average molecular weight is 179 g/mol. The highest BCUT2D eigenvalue weighted by molar-refractivity contribution is 5.19. The predicted molar refractivity (Wildman–Crippen MR) is 54.5 cm³/mol. The van der Waals surface area contributed by atoms with Crippen molar-refractivity contribution in [1.29, 1.82) is 0 Å². The lowest BCUT2D eigenvalue weighted by Gasteiger charge is -2.16. The SMILES string of the molecule is Cc1cncc(C(N)CN(C)C)c1. The van der Waals surface area contributed by atoms with E-state index < -0.39 is 0 Å². The summed E-state index contributed by atoms with van der Waals surface area (Å²) in [4.78, 5) is 6.19. The molecule has 1 rings (SSSR count). The van der Waals surface area contributed by atoms with Crippen LogP contribution in [0.1, 0.15) is 17.2 Å². The van der Waals surface area contributed by atoms with Gasteiger partial charge in [-0.3, -0.25) is 4.98 Å². The Kier molecular flexibility index (Phi) is 3.39. The van der Waals surface area contributed by atoms with E-state index in [1.54, 1.807) is 0 Å². The molecule has 0 radical (unpaired) electrons. The van der Waals surface area contributed by atoms with Crippen molar-refractivity contribution in [3.05, 3.63) is 29.6 Å². The number of pyridine rings is 1. The van der Waals surface area contributed by atoms with Crippen molar-refractivity contribution in [2.24, 2.45) is 5.73 Å². The summed E-state index contributed by atoms with van der Waals surface area (Å²) in [6.07, 6.45) is 3.67. The van der Waals surface area contributed by atoms with E-state index >= 15 is 0 Å². The van der Waals surface area contributed by atoms with Crippen molar-refractivity contribution in [2.75, 3.05) is 20.6 Å². The van der Waals surface area contributed by atoms with Crippen molar-refractivity contribution >= 4 is 0 Å². The third kappa shape index (κ3) is 3.13. The number of hydrogen-bond acceptors (Lipinski definition) is 3. The van der Waals surface area contributed by atoms with Gasteiger partial charge in [0.2, 0.25) is 0 Å². The molecule has 3 heteroatoms. The molecule has 0 aromatic carbocycles. The van der Waals surface area contributed by atoms with E-state index in [2.05, 4.69) is 16.0 Å². The van der Waals surface area contributed by atoms with Crippen LogP contribution in [-0.4, -0.2) is 30.5 Å². The molecule has 1 unspecified atom stereocenters. The van der Waals surface area contributed by atoms with Crippen LogP contribution in [0.5, 0.6) is 0 Å². The van der Waals surface area contributed by atoms with Gasteiger partial charge in [-0.25, -0.2) is 0 Å². The Labute approximate surface area is 79.6 Å². The Morgan fingerprint density at radius 1 is 1.46 bits per heavy atom. The summed E-state index contributed by atoms with van der Waals surface area (Å²) in [6.45, 7) is 2.88. The summed E-state index contributed by atoms with van der Waals surface area (Å²) in [6, 6.07) is 2.14. The molecule has 0 spiro atoms. The van der Waals surface area contributed by atoms with Gasteiger partial charge >= 0.3 is 0 Å².